The molecule has 1 saturated heterocycles. The van der Waals surface area contributed by atoms with Crippen molar-refractivity contribution in [1.29, 1.82) is 0 Å². The van der Waals surface area contributed by atoms with Crippen LogP contribution in [0, 0.1) is 0 Å². The molecule has 1 aromatic carbocycles. The van der Waals surface area contributed by atoms with Gasteiger partial charge in [0.15, 0.2) is 5.75 Å². The highest BCUT2D eigenvalue weighted by molar-refractivity contribution is 9.10. The van der Waals surface area contributed by atoms with Crippen LogP contribution in [0.2, 0.25) is 0 Å². The molecule has 0 aromatic heterocycles. The van der Waals surface area contributed by atoms with Gasteiger partial charge in [0, 0.05) is 13.0 Å². The van der Waals surface area contributed by atoms with Crippen molar-refractivity contribution < 1.29 is 19.1 Å². The molecule has 8 heteroatoms. The van der Waals surface area contributed by atoms with Gasteiger partial charge in [0.2, 0.25) is 11.8 Å². The third kappa shape index (κ3) is 2.78. The van der Waals surface area contributed by atoms with Crippen LogP contribution in [0.4, 0.5) is 10.5 Å². The molecule has 4 amide bonds. The molecule has 0 bridgehead atoms. The average molecular weight is 368 g/mol. The summed E-state index contributed by atoms with van der Waals surface area (Å²) in [6.07, 6.45) is 0.213. The Labute approximate surface area is 135 Å². The van der Waals surface area contributed by atoms with E-state index in [1.807, 2.05) is 12.1 Å². The molecule has 2 aliphatic heterocycles. The largest absolute Gasteiger partial charge is 0.488 e. The molecule has 1 N–H and O–H groups in total. The molecule has 3 rings (SSSR count). The summed E-state index contributed by atoms with van der Waals surface area (Å²) in [5.74, 6) is 0.113. The van der Waals surface area contributed by atoms with Crippen LogP contribution in [0.3, 0.4) is 0 Å². The minimum absolute atomic E-state index is 0.0644. The van der Waals surface area contributed by atoms with Crippen molar-refractivity contribution in [3.63, 3.8) is 0 Å². The minimum Gasteiger partial charge on any atom is -0.488 e. The van der Waals surface area contributed by atoms with Gasteiger partial charge in [-0.25, -0.2) is 4.79 Å². The van der Waals surface area contributed by atoms with Gasteiger partial charge in [-0.1, -0.05) is 6.07 Å². The third-order valence-corrected chi connectivity index (χ3v) is 4.19. The molecule has 1 fully saturated rings. The van der Waals surface area contributed by atoms with Gasteiger partial charge in [-0.3, -0.25) is 14.9 Å². The average Bonchev–Trinajstić information content (AvgIpc) is 2.50. The molecule has 0 unspecified atom stereocenters. The topological polar surface area (TPSA) is 79.0 Å². The number of fused-ring (bicyclic) bond motifs is 1. The Morgan fingerprint density at radius 3 is 2.91 bits per heavy atom. The predicted molar refractivity (Wildman–Crippen MR) is 81.7 cm³/mol. The van der Waals surface area contributed by atoms with Crippen molar-refractivity contribution in [3.8, 4) is 5.75 Å². The lowest BCUT2D eigenvalue weighted by atomic mass is 10.2. The second-order valence-electron chi connectivity index (χ2n) is 5.01. The fraction of sp³-hybridized carbons (Fsp3) is 0.357. The predicted octanol–water partition coefficient (Wildman–Crippen LogP) is 1.12. The van der Waals surface area contributed by atoms with E-state index >= 15 is 0 Å². The zero-order valence-corrected chi connectivity index (χ0v) is 13.3. The number of urea groups is 1. The molecule has 0 saturated carbocycles. The van der Waals surface area contributed by atoms with Crippen molar-refractivity contribution in [2.45, 2.75) is 6.42 Å². The van der Waals surface area contributed by atoms with E-state index in [1.54, 1.807) is 11.0 Å². The van der Waals surface area contributed by atoms with Gasteiger partial charge in [-0.15, -0.1) is 0 Å². The van der Waals surface area contributed by atoms with Gasteiger partial charge in [0.25, 0.3) is 0 Å². The van der Waals surface area contributed by atoms with Crippen LogP contribution in [0.25, 0.3) is 0 Å². The summed E-state index contributed by atoms with van der Waals surface area (Å²) < 4.78 is 6.36. The van der Waals surface area contributed by atoms with E-state index in [-0.39, 0.29) is 31.3 Å². The Balaban J connectivity index is 1.75. The SMILES string of the molecule is O=C1CCN(CC(=O)N2CCOc3c(Br)cccc32)C(=O)N1. The number of rotatable bonds is 2. The van der Waals surface area contributed by atoms with E-state index in [0.29, 0.717) is 24.6 Å². The van der Waals surface area contributed by atoms with Crippen LogP contribution in [-0.4, -0.2) is 49.0 Å². The standard InChI is InChI=1S/C14H14BrN3O4/c15-9-2-1-3-10-13(9)22-7-6-18(10)12(20)8-17-5-4-11(19)16-14(17)21/h1-3H,4-8H2,(H,16,19,21). The van der Waals surface area contributed by atoms with E-state index in [1.165, 1.54) is 4.90 Å². The lowest BCUT2D eigenvalue weighted by Crippen LogP contribution is -2.53. The number of amides is 4. The third-order valence-electron chi connectivity index (χ3n) is 3.57. The van der Waals surface area contributed by atoms with E-state index < -0.39 is 6.03 Å². The van der Waals surface area contributed by atoms with E-state index in [4.69, 9.17) is 4.74 Å². The number of hydrogen-bond donors (Lipinski definition) is 1. The van der Waals surface area contributed by atoms with E-state index in [2.05, 4.69) is 21.2 Å². The zero-order valence-electron chi connectivity index (χ0n) is 11.7. The second kappa shape index (κ2) is 5.96. The van der Waals surface area contributed by atoms with Crippen LogP contribution in [0.5, 0.6) is 5.75 Å². The normalized spacial score (nSPS) is 17.7. The Morgan fingerprint density at radius 1 is 1.32 bits per heavy atom. The second-order valence-corrected chi connectivity index (χ2v) is 5.86. The molecular weight excluding hydrogens is 354 g/mol. The van der Waals surface area contributed by atoms with Crippen LogP contribution < -0.4 is 15.0 Å². The molecule has 7 nitrogen and oxygen atoms in total. The van der Waals surface area contributed by atoms with Gasteiger partial charge >= 0.3 is 6.03 Å². The zero-order chi connectivity index (χ0) is 15.7. The highest BCUT2D eigenvalue weighted by Gasteiger charge is 2.30. The first-order chi connectivity index (χ1) is 10.6. The maximum absolute atomic E-state index is 12.5. The van der Waals surface area contributed by atoms with Crippen molar-refractivity contribution in [1.82, 2.24) is 10.2 Å². The number of carbonyl (C=O) groups is 3. The molecular formula is C14H14BrN3O4. The summed E-state index contributed by atoms with van der Waals surface area (Å²) in [7, 11) is 0. The van der Waals surface area contributed by atoms with Crippen LogP contribution in [0.15, 0.2) is 22.7 Å². The Bertz CT molecular complexity index is 649. The lowest BCUT2D eigenvalue weighted by Gasteiger charge is -2.33. The van der Waals surface area contributed by atoms with Crippen LogP contribution >= 0.6 is 15.9 Å². The molecule has 2 aliphatic rings. The Kier molecular flexibility index (Phi) is 4.02. The number of nitrogens with zero attached hydrogens (tertiary/aromatic N) is 2. The lowest BCUT2D eigenvalue weighted by molar-refractivity contribution is -0.124. The van der Waals surface area contributed by atoms with Crippen molar-refractivity contribution >= 4 is 39.5 Å². The Hall–Kier alpha value is -2.09. The quantitative estimate of drug-likeness (QED) is 0.849. The van der Waals surface area contributed by atoms with E-state index in [9.17, 15) is 14.4 Å². The number of nitrogens with one attached hydrogen (secondary N) is 1. The highest BCUT2D eigenvalue weighted by Crippen LogP contribution is 2.38. The molecule has 0 spiro atoms. The number of anilines is 1. The molecule has 1 aromatic rings. The number of para-hydroxylation sites is 1. The summed E-state index contributed by atoms with van der Waals surface area (Å²) >= 11 is 3.40. The minimum atomic E-state index is -0.521. The molecule has 2 heterocycles. The summed E-state index contributed by atoms with van der Waals surface area (Å²) in [5, 5.41) is 2.21. The first kappa shape index (κ1) is 14.8. The fourth-order valence-corrected chi connectivity index (χ4v) is 2.94. The van der Waals surface area contributed by atoms with Crippen LogP contribution in [-0.2, 0) is 9.59 Å². The van der Waals surface area contributed by atoms with Gasteiger partial charge in [-0.2, -0.15) is 0 Å². The van der Waals surface area contributed by atoms with Crippen LogP contribution in [0.1, 0.15) is 6.42 Å². The van der Waals surface area contributed by atoms with Gasteiger partial charge < -0.3 is 14.5 Å². The maximum atomic E-state index is 12.5. The Morgan fingerprint density at radius 2 is 2.14 bits per heavy atom. The van der Waals surface area contributed by atoms with Gasteiger partial charge in [-0.05, 0) is 28.1 Å². The molecule has 116 valence electrons. The number of ether oxygens (including phenoxy) is 1. The van der Waals surface area contributed by atoms with Crippen molar-refractivity contribution in [2.75, 3.05) is 31.1 Å². The summed E-state index contributed by atoms with van der Waals surface area (Å²) in [6.45, 7) is 1.01. The first-order valence-electron chi connectivity index (χ1n) is 6.86. The number of carbonyl (C=O) groups excluding carboxylic acids is 3. The van der Waals surface area contributed by atoms with Crippen molar-refractivity contribution in [2.24, 2.45) is 0 Å². The van der Waals surface area contributed by atoms with Gasteiger partial charge in [0.1, 0.15) is 13.2 Å². The highest BCUT2D eigenvalue weighted by atomic mass is 79.9. The molecule has 0 atom stereocenters. The maximum Gasteiger partial charge on any atom is 0.324 e. The van der Waals surface area contributed by atoms with Crippen molar-refractivity contribution in [3.05, 3.63) is 22.7 Å². The fourth-order valence-electron chi connectivity index (χ4n) is 2.47. The number of benzene rings is 1. The van der Waals surface area contributed by atoms with Gasteiger partial charge in [0.05, 0.1) is 16.7 Å². The summed E-state index contributed by atoms with van der Waals surface area (Å²) in [4.78, 5) is 38.3. The molecule has 0 radical (unpaired) electrons. The molecule has 22 heavy (non-hydrogen) atoms. The number of halogens is 1. The number of hydrogen-bond acceptors (Lipinski definition) is 4. The smallest absolute Gasteiger partial charge is 0.324 e. The molecule has 0 aliphatic carbocycles. The van der Waals surface area contributed by atoms with E-state index in [0.717, 1.165) is 4.47 Å². The number of imide groups is 1. The summed E-state index contributed by atoms with van der Waals surface area (Å²) in [6, 6.07) is 4.95. The monoisotopic (exact) mass is 367 g/mol. The first-order valence-corrected chi connectivity index (χ1v) is 7.66. The summed E-state index contributed by atoms with van der Waals surface area (Å²) in [5.41, 5.74) is 0.680.